The fourth-order valence-electron chi connectivity index (χ4n) is 2.34. The maximum Gasteiger partial charge on any atom is 0.315 e. The zero-order valence-corrected chi connectivity index (χ0v) is 10.6. The Morgan fingerprint density at radius 2 is 1.88 bits per heavy atom. The summed E-state index contributed by atoms with van der Waals surface area (Å²) in [6.45, 7) is 6.38. The molecule has 4 heteroatoms. The normalized spacial score (nSPS) is 36.4. The number of hydrogen-bond donors (Lipinski definition) is 2. The first-order valence-electron chi connectivity index (χ1n) is 6.01. The molecule has 2 aliphatic carbocycles. The second-order valence-electron chi connectivity index (χ2n) is 5.81. The van der Waals surface area contributed by atoms with Crippen LogP contribution in [0.3, 0.4) is 0 Å². The number of methoxy groups -OCH3 is 1. The van der Waals surface area contributed by atoms with E-state index in [1.165, 1.54) is 0 Å². The molecule has 2 amide bonds. The third kappa shape index (κ3) is 1.79. The first-order chi connectivity index (χ1) is 7.39. The summed E-state index contributed by atoms with van der Waals surface area (Å²) >= 11 is 0. The Morgan fingerprint density at radius 3 is 2.31 bits per heavy atom. The van der Waals surface area contributed by atoms with E-state index >= 15 is 0 Å². The lowest BCUT2D eigenvalue weighted by Crippen LogP contribution is -2.69. The number of carbonyl (C=O) groups excluding carboxylic acids is 1. The van der Waals surface area contributed by atoms with Gasteiger partial charge in [0.2, 0.25) is 0 Å². The average molecular weight is 226 g/mol. The highest BCUT2D eigenvalue weighted by atomic mass is 16.5. The molecule has 0 aromatic heterocycles. The van der Waals surface area contributed by atoms with Crippen molar-refractivity contribution in [2.45, 2.75) is 57.7 Å². The van der Waals surface area contributed by atoms with Crippen molar-refractivity contribution in [3.05, 3.63) is 0 Å². The van der Waals surface area contributed by atoms with E-state index in [0.717, 1.165) is 19.3 Å². The van der Waals surface area contributed by atoms with Crippen LogP contribution in [0.5, 0.6) is 0 Å². The third-order valence-electron chi connectivity index (χ3n) is 4.50. The lowest BCUT2D eigenvalue weighted by Gasteiger charge is -2.59. The van der Waals surface area contributed by atoms with E-state index in [1.807, 2.05) is 0 Å². The number of amides is 2. The maximum atomic E-state index is 11.6. The number of ether oxygens (including phenoxy) is 1. The SMILES string of the molecule is CO[C@@]1(C)C[C@H](NC(=O)NC2CC2)C1(C)C. The van der Waals surface area contributed by atoms with Gasteiger partial charge in [0.25, 0.3) is 0 Å². The molecule has 0 aromatic rings. The van der Waals surface area contributed by atoms with E-state index in [9.17, 15) is 4.79 Å². The predicted octanol–water partition coefficient (Wildman–Crippen LogP) is 1.65. The third-order valence-corrected chi connectivity index (χ3v) is 4.50. The van der Waals surface area contributed by atoms with Gasteiger partial charge in [0, 0.05) is 24.6 Å². The molecule has 0 aliphatic heterocycles. The van der Waals surface area contributed by atoms with Gasteiger partial charge in [-0.1, -0.05) is 13.8 Å². The van der Waals surface area contributed by atoms with Gasteiger partial charge in [-0.05, 0) is 26.2 Å². The molecule has 2 saturated carbocycles. The Morgan fingerprint density at radius 1 is 1.25 bits per heavy atom. The van der Waals surface area contributed by atoms with Crippen LogP contribution in [-0.2, 0) is 4.74 Å². The summed E-state index contributed by atoms with van der Waals surface area (Å²) in [4.78, 5) is 11.6. The zero-order valence-electron chi connectivity index (χ0n) is 10.6. The molecule has 4 nitrogen and oxygen atoms in total. The summed E-state index contributed by atoms with van der Waals surface area (Å²) in [6, 6.07) is 0.590. The summed E-state index contributed by atoms with van der Waals surface area (Å²) in [6.07, 6.45) is 3.13. The highest BCUT2D eigenvalue weighted by Gasteiger charge is 2.58. The monoisotopic (exact) mass is 226 g/mol. The van der Waals surface area contributed by atoms with Crippen LogP contribution in [0.1, 0.15) is 40.0 Å². The molecule has 0 bridgehead atoms. The van der Waals surface area contributed by atoms with Crippen molar-refractivity contribution in [2.75, 3.05) is 7.11 Å². The lowest BCUT2D eigenvalue weighted by atomic mass is 9.56. The minimum absolute atomic E-state index is 0.0113. The highest BCUT2D eigenvalue weighted by Crippen LogP contribution is 2.51. The fraction of sp³-hybridized carbons (Fsp3) is 0.917. The quantitative estimate of drug-likeness (QED) is 0.769. The van der Waals surface area contributed by atoms with E-state index < -0.39 is 0 Å². The van der Waals surface area contributed by atoms with Gasteiger partial charge in [0.15, 0.2) is 0 Å². The topological polar surface area (TPSA) is 50.4 Å². The van der Waals surface area contributed by atoms with Gasteiger partial charge in [0.1, 0.15) is 0 Å². The number of nitrogens with one attached hydrogen (secondary N) is 2. The average Bonchev–Trinajstić information content (AvgIpc) is 3.00. The molecule has 0 radical (unpaired) electrons. The second-order valence-corrected chi connectivity index (χ2v) is 5.81. The van der Waals surface area contributed by atoms with Crippen molar-refractivity contribution in [2.24, 2.45) is 5.41 Å². The second kappa shape index (κ2) is 3.62. The van der Waals surface area contributed by atoms with Crippen LogP contribution in [-0.4, -0.2) is 30.8 Å². The fourth-order valence-corrected chi connectivity index (χ4v) is 2.34. The van der Waals surface area contributed by atoms with Gasteiger partial charge in [-0.3, -0.25) is 0 Å². The predicted molar refractivity (Wildman–Crippen MR) is 62.3 cm³/mol. The molecule has 92 valence electrons. The first kappa shape index (κ1) is 11.7. The molecular formula is C12H22N2O2. The lowest BCUT2D eigenvalue weighted by molar-refractivity contribution is -0.177. The molecule has 2 rings (SSSR count). The van der Waals surface area contributed by atoms with Gasteiger partial charge in [-0.15, -0.1) is 0 Å². The standard InChI is InChI=1S/C12H22N2O2/c1-11(2)9(7-12(11,3)16-4)14-10(15)13-8-5-6-8/h8-9H,5-7H2,1-4H3,(H2,13,14,15)/t9-,12-/m0/s1. The maximum absolute atomic E-state index is 11.6. The van der Waals surface area contributed by atoms with Gasteiger partial charge in [0.05, 0.1) is 5.60 Å². The number of carbonyl (C=O) groups is 1. The minimum atomic E-state index is -0.121. The van der Waals surface area contributed by atoms with Crippen molar-refractivity contribution >= 4 is 6.03 Å². The van der Waals surface area contributed by atoms with E-state index in [4.69, 9.17) is 4.74 Å². The smallest absolute Gasteiger partial charge is 0.315 e. The molecular weight excluding hydrogens is 204 g/mol. The summed E-state index contributed by atoms with van der Waals surface area (Å²) in [5.74, 6) is 0. The van der Waals surface area contributed by atoms with Crippen molar-refractivity contribution in [3.63, 3.8) is 0 Å². The molecule has 2 atom stereocenters. The minimum Gasteiger partial charge on any atom is -0.378 e. The Balaban J connectivity index is 1.85. The Labute approximate surface area is 97.1 Å². The molecule has 0 unspecified atom stereocenters. The molecule has 0 spiro atoms. The van der Waals surface area contributed by atoms with Crippen LogP contribution in [0, 0.1) is 5.41 Å². The Kier molecular flexibility index (Phi) is 2.65. The van der Waals surface area contributed by atoms with Gasteiger partial charge < -0.3 is 15.4 Å². The van der Waals surface area contributed by atoms with Crippen LogP contribution in [0.25, 0.3) is 0 Å². The molecule has 16 heavy (non-hydrogen) atoms. The molecule has 0 saturated heterocycles. The summed E-state index contributed by atoms with van der Waals surface area (Å²) in [5, 5.41) is 5.98. The highest BCUT2D eigenvalue weighted by molar-refractivity contribution is 5.75. The molecule has 0 aromatic carbocycles. The van der Waals surface area contributed by atoms with Crippen molar-refractivity contribution in [3.8, 4) is 0 Å². The van der Waals surface area contributed by atoms with Gasteiger partial charge in [-0.25, -0.2) is 4.79 Å². The van der Waals surface area contributed by atoms with Crippen molar-refractivity contribution in [1.82, 2.24) is 10.6 Å². The molecule has 2 N–H and O–H groups in total. The van der Waals surface area contributed by atoms with Gasteiger partial charge in [-0.2, -0.15) is 0 Å². The Hall–Kier alpha value is -0.770. The van der Waals surface area contributed by atoms with Gasteiger partial charge >= 0.3 is 6.03 Å². The molecule has 0 heterocycles. The molecule has 2 fully saturated rings. The number of urea groups is 1. The number of rotatable bonds is 3. The first-order valence-corrected chi connectivity index (χ1v) is 6.01. The number of hydrogen-bond acceptors (Lipinski definition) is 2. The van der Waals surface area contributed by atoms with E-state index in [2.05, 4.69) is 31.4 Å². The van der Waals surface area contributed by atoms with Crippen LogP contribution in [0.15, 0.2) is 0 Å². The van der Waals surface area contributed by atoms with Crippen LogP contribution >= 0.6 is 0 Å². The Bertz CT molecular complexity index is 299. The summed E-state index contributed by atoms with van der Waals surface area (Å²) in [7, 11) is 1.74. The zero-order chi connectivity index (χ0) is 12.0. The summed E-state index contributed by atoms with van der Waals surface area (Å²) < 4.78 is 5.52. The van der Waals surface area contributed by atoms with Crippen LogP contribution in [0.2, 0.25) is 0 Å². The summed E-state index contributed by atoms with van der Waals surface area (Å²) in [5.41, 5.74) is -0.132. The largest absolute Gasteiger partial charge is 0.378 e. The molecule has 2 aliphatic rings. The van der Waals surface area contributed by atoms with Crippen LogP contribution in [0.4, 0.5) is 4.79 Å². The van der Waals surface area contributed by atoms with Crippen molar-refractivity contribution in [1.29, 1.82) is 0 Å². The van der Waals surface area contributed by atoms with Crippen molar-refractivity contribution < 1.29 is 9.53 Å². The van der Waals surface area contributed by atoms with Crippen LogP contribution < -0.4 is 10.6 Å². The van der Waals surface area contributed by atoms with E-state index in [-0.39, 0.29) is 23.1 Å². The van der Waals surface area contributed by atoms with E-state index in [1.54, 1.807) is 7.11 Å². The van der Waals surface area contributed by atoms with E-state index in [0.29, 0.717) is 6.04 Å².